The predicted octanol–water partition coefficient (Wildman–Crippen LogP) is 0.274. The fourth-order valence-corrected chi connectivity index (χ4v) is 3.76. The molecule has 0 spiro atoms. The standard InChI is InChI=1S/C10H15N3O4S2/c14-10(15)8-2-1-3-13(5-8)19(16,17)12-4-9-6-18-7-11-9/h6-8,12H,1-5H2,(H,14,15). The van der Waals surface area contributed by atoms with Crippen molar-refractivity contribution >= 4 is 27.5 Å². The Morgan fingerprint density at radius 3 is 3.05 bits per heavy atom. The highest BCUT2D eigenvalue weighted by Gasteiger charge is 2.31. The summed E-state index contributed by atoms with van der Waals surface area (Å²) in [5, 5.41) is 10.7. The van der Waals surface area contributed by atoms with E-state index >= 15 is 0 Å². The van der Waals surface area contributed by atoms with Crippen LogP contribution in [0, 0.1) is 5.92 Å². The molecule has 19 heavy (non-hydrogen) atoms. The van der Waals surface area contributed by atoms with E-state index in [1.807, 2.05) is 0 Å². The third-order valence-corrected chi connectivity index (χ3v) is 5.15. The Morgan fingerprint density at radius 1 is 1.63 bits per heavy atom. The molecule has 0 amide bonds. The van der Waals surface area contributed by atoms with Gasteiger partial charge in [-0.1, -0.05) is 0 Å². The fourth-order valence-electron chi connectivity index (χ4n) is 1.94. The highest BCUT2D eigenvalue weighted by atomic mass is 32.2. The molecular formula is C10H15N3O4S2. The molecule has 0 saturated carbocycles. The van der Waals surface area contributed by atoms with Gasteiger partial charge in [-0.2, -0.15) is 17.4 Å². The number of aliphatic carboxylic acids is 1. The summed E-state index contributed by atoms with van der Waals surface area (Å²) in [7, 11) is -3.64. The number of piperidine rings is 1. The zero-order chi connectivity index (χ0) is 13.9. The van der Waals surface area contributed by atoms with Crippen molar-refractivity contribution in [1.82, 2.24) is 14.0 Å². The molecule has 1 aromatic heterocycles. The second kappa shape index (κ2) is 5.95. The Kier molecular flexibility index (Phi) is 4.50. The van der Waals surface area contributed by atoms with E-state index in [0.29, 0.717) is 25.1 Å². The summed E-state index contributed by atoms with van der Waals surface area (Å²) in [6.07, 6.45) is 1.09. The summed E-state index contributed by atoms with van der Waals surface area (Å²) in [5.41, 5.74) is 2.28. The third-order valence-electron chi connectivity index (χ3n) is 2.99. The van der Waals surface area contributed by atoms with Gasteiger partial charge in [-0.15, -0.1) is 11.3 Å². The SMILES string of the molecule is O=C(O)C1CCCN(S(=O)(=O)NCc2cscn2)C1. The summed E-state index contributed by atoms with van der Waals surface area (Å²) in [6, 6.07) is 0. The minimum Gasteiger partial charge on any atom is -0.481 e. The molecule has 0 radical (unpaired) electrons. The summed E-state index contributed by atoms with van der Waals surface area (Å²) >= 11 is 1.39. The molecule has 1 atom stereocenters. The van der Waals surface area contributed by atoms with Crippen molar-refractivity contribution in [2.45, 2.75) is 19.4 Å². The second-order valence-corrected chi connectivity index (χ2v) is 6.82. The molecule has 1 aliphatic heterocycles. The van der Waals surface area contributed by atoms with Crippen molar-refractivity contribution in [2.24, 2.45) is 5.92 Å². The van der Waals surface area contributed by atoms with Crippen LogP contribution in [-0.2, 0) is 21.5 Å². The molecule has 1 saturated heterocycles. The van der Waals surface area contributed by atoms with E-state index in [2.05, 4.69) is 9.71 Å². The van der Waals surface area contributed by atoms with Gasteiger partial charge in [0.2, 0.25) is 0 Å². The van der Waals surface area contributed by atoms with Gasteiger partial charge in [0.1, 0.15) is 0 Å². The lowest BCUT2D eigenvalue weighted by Gasteiger charge is -2.29. The summed E-state index contributed by atoms with van der Waals surface area (Å²) < 4.78 is 27.7. The second-order valence-electron chi connectivity index (χ2n) is 4.34. The number of carboxylic acid groups (broad SMARTS) is 1. The first-order valence-electron chi connectivity index (χ1n) is 5.83. The minimum atomic E-state index is -3.64. The van der Waals surface area contributed by atoms with Crippen LogP contribution in [0.2, 0.25) is 0 Å². The maximum atomic E-state index is 12.0. The van der Waals surface area contributed by atoms with E-state index in [1.165, 1.54) is 15.6 Å². The molecule has 2 rings (SSSR count). The van der Waals surface area contributed by atoms with Gasteiger partial charge in [0.25, 0.3) is 10.2 Å². The molecule has 1 aliphatic rings. The van der Waals surface area contributed by atoms with Crippen LogP contribution in [0.25, 0.3) is 0 Å². The highest BCUT2D eigenvalue weighted by Crippen LogP contribution is 2.18. The first kappa shape index (κ1) is 14.4. The fraction of sp³-hybridized carbons (Fsp3) is 0.600. The van der Waals surface area contributed by atoms with E-state index in [0.717, 1.165) is 0 Å². The minimum absolute atomic E-state index is 0.0295. The number of nitrogens with zero attached hydrogens (tertiary/aromatic N) is 2. The molecular weight excluding hydrogens is 290 g/mol. The molecule has 2 N–H and O–H groups in total. The van der Waals surface area contributed by atoms with Gasteiger partial charge in [0, 0.05) is 18.5 Å². The van der Waals surface area contributed by atoms with Gasteiger partial charge >= 0.3 is 5.97 Å². The van der Waals surface area contributed by atoms with Crippen LogP contribution < -0.4 is 4.72 Å². The molecule has 1 unspecified atom stereocenters. The summed E-state index contributed by atoms with van der Waals surface area (Å²) in [6.45, 7) is 0.512. The van der Waals surface area contributed by atoms with E-state index in [9.17, 15) is 13.2 Å². The molecule has 0 aliphatic carbocycles. The summed E-state index contributed by atoms with van der Waals surface area (Å²) in [5.74, 6) is -1.57. The van der Waals surface area contributed by atoms with Gasteiger partial charge in [-0.05, 0) is 12.8 Å². The first-order valence-corrected chi connectivity index (χ1v) is 8.22. The molecule has 0 bridgehead atoms. The van der Waals surface area contributed by atoms with Crippen molar-refractivity contribution in [3.63, 3.8) is 0 Å². The Labute approximate surface area is 115 Å². The van der Waals surface area contributed by atoms with Crippen molar-refractivity contribution < 1.29 is 18.3 Å². The Morgan fingerprint density at radius 2 is 2.42 bits per heavy atom. The summed E-state index contributed by atoms with van der Waals surface area (Å²) in [4.78, 5) is 14.9. The van der Waals surface area contributed by atoms with Crippen molar-refractivity contribution in [3.8, 4) is 0 Å². The number of nitrogens with one attached hydrogen (secondary N) is 1. The van der Waals surface area contributed by atoms with Crippen molar-refractivity contribution in [2.75, 3.05) is 13.1 Å². The molecule has 7 nitrogen and oxygen atoms in total. The highest BCUT2D eigenvalue weighted by molar-refractivity contribution is 7.87. The molecule has 2 heterocycles. The number of aromatic nitrogens is 1. The lowest BCUT2D eigenvalue weighted by Crippen LogP contribution is -2.47. The maximum Gasteiger partial charge on any atom is 0.307 e. The van der Waals surface area contributed by atoms with E-state index in [4.69, 9.17) is 5.11 Å². The zero-order valence-corrected chi connectivity index (χ0v) is 11.8. The number of carbonyl (C=O) groups is 1. The van der Waals surface area contributed by atoms with E-state index < -0.39 is 22.1 Å². The molecule has 106 valence electrons. The molecule has 1 fully saturated rings. The van der Waals surface area contributed by atoms with Gasteiger partial charge in [0.15, 0.2) is 0 Å². The van der Waals surface area contributed by atoms with Gasteiger partial charge in [0.05, 0.1) is 23.7 Å². The van der Waals surface area contributed by atoms with Crippen LogP contribution in [-0.4, -0.2) is 41.9 Å². The maximum absolute atomic E-state index is 12.0. The number of carboxylic acids is 1. The molecule has 9 heteroatoms. The van der Waals surface area contributed by atoms with Crippen LogP contribution in [0.15, 0.2) is 10.9 Å². The van der Waals surface area contributed by atoms with Gasteiger partial charge in [-0.3, -0.25) is 4.79 Å². The normalized spacial score (nSPS) is 21.4. The smallest absolute Gasteiger partial charge is 0.307 e. The number of hydrogen-bond acceptors (Lipinski definition) is 5. The topological polar surface area (TPSA) is 99.6 Å². The largest absolute Gasteiger partial charge is 0.481 e. The van der Waals surface area contributed by atoms with Crippen LogP contribution in [0.3, 0.4) is 0 Å². The molecule has 1 aromatic rings. The van der Waals surface area contributed by atoms with Crippen molar-refractivity contribution in [3.05, 3.63) is 16.6 Å². The van der Waals surface area contributed by atoms with E-state index in [-0.39, 0.29) is 13.1 Å². The van der Waals surface area contributed by atoms with Crippen LogP contribution >= 0.6 is 11.3 Å². The lowest BCUT2D eigenvalue weighted by molar-refractivity contribution is -0.142. The number of hydrogen-bond donors (Lipinski definition) is 2. The van der Waals surface area contributed by atoms with Crippen molar-refractivity contribution in [1.29, 1.82) is 0 Å². The van der Waals surface area contributed by atoms with E-state index in [1.54, 1.807) is 10.9 Å². The Bertz CT molecular complexity index is 529. The predicted molar refractivity (Wildman–Crippen MR) is 69.8 cm³/mol. The molecule has 0 aromatic carbocycles. The Hall–Kier alpha value is -1.03. The first-order chi connectivity index (χ1) is 8.99. The average Bonchev–Trinajstić information content (AvgIpc) is 2.90. The Balaban J connectivity index is 1.96. The van der Waals surface area contributed by atoms with Crippen LogP contribution in [0.4, 0.5) is 0 Å². The lowest BCUT2D eigenvalue weighted by atomic mass is 10.0. The number of rotatable bonds is 5. The van der Waals surface area contributed by atoms with Crippen LogP contribution in [0.1, 0.15) is 18.5 Å². The zero-order valence-electron chi connectivity index (χ0n) is 10.2. The van der Waals surface area contributed by atoms with Crippen LogP contribution in [0.5, 0.6) is 0 Å². The van der Waals surface area contributed by atoms with Gasteiger partial charge in [-0.25, -0.2) is 4.98 Å². The quantitative estimate of drug-likeness (QED) is 0.813. The van der Waals surface area contributed by atoms with Gasteiger partial charge < -0.3 is 5.11 Å². The average molecular weight is 305 g/mol. The third kappa shape index (κ3) is 3.72. The monoisotopic (exact) mass is 305 g/mol. The number of thiazole rings is 1.